The summed E-state index contributed by atoms with van der Waals surface area (Å²) >= 11 is 0. The number of anilines is 3. The van der Waals surface area contributed by atoms with E-state index in [9.17, 15) is 9.59 Å². The molecule has 0 unspecified atom stereocenters. The third-order valence-corrected chi connectivity index (χ3v) is 5.24. The summed E-state index contributed by atoms with van der Waals surface area (Å²) in [5.41, 5.74) is 4.88. The minimum absolute atomic E-state index is 0.0624. The number of fused-ring (bicyclic) bond motifs is 1. The van der Waals surface area contributed by atoms with Gasteiger partial charge in [-0.05, 0) is 67.6 Å². The van der Waals surface area contributed by atoms with Gasteiger partial charge in [0, 0.05) is 18.4 Å². The topological polar surface area (TPSA) is 61.4 Å². The average molecular weight is 365 g/mol. The zero-order chi connectivity index (χ0) is 19.9. The SMILES string of the molecule is Cc1cc(NC(=O)Nc2ccc(C(C)C)cc2)cc2c1N(C)C(=O)C2(C)C. The Morgan fingerprint density at radius 1 is 1.04 bits per heavy atom. The molecule has 2 aromatic rings. The number of nitrogens with one attached hydrogen (secondary N) is 2. The van der Waals surface area contributed by atoms with E-state index in [0.29, 0.717) is 11.6 Å². The molecule has 0 saturated carbocycles. The molecule has 0 spiro atoms. The number of carbonyl (C=O) groups excluding carboxylic acids is 2. The van der Waals surface area contributed by atoms with Gasteiger partial charge in [-0.25, -0.2) is 4.79 Å². The van der Waals surface area contributed by atoms with E-state index in [1.807, 2.05) is 57.2 Å². The molecule has 0 aliphatic carbocycles. The molecule has 0 saturated heterocycles. The molecular formula is C22H27N3O2. The van der Waals surface area contributed by atoms with E-state index in [2.05, 4.69) is 24.5 Å². The van der Waals surface area contributed by atoms with Gasteiger partial charge in [0.2, 0.25) is 5.91 Å². The molecule has 1 aliphatic rings. The van der Waals surface area contributed by atoms with Gasteiger partial charge in [0.05, 0.1) is 11.1 Å². The first kappa shape index (κ1) is 19.0. The molecule has 142 valence electrons. The van der Waals surface area contributed by atoms with Crippen molar-refractivity contribution in [3.05, 3.63) is 53.1 Å². The highest BCUT2D eigenvalue weighted by atomic mass is 16.2. The number of aryl methyl sites for hydroxylation is 1. The Balaban J connectivity index is 1.79. The van der Waals surface area contributed by atoms with Crippen LogP contribution in [-0.2, 0) is 10.2 Å². The molecule has 3 rings (SSSR count). The molecule has 0 aromatic heterocycles. The van der Waals surface area contributed by atoms with Crippen LogP contribution in [0.2, 0.25) is 0 Å². The average Bonchev–Trinajstić information content (AvgIpc) is 2.76. The number of rotatable bonds is 3. The number of likely N-dealkylation sites (N-methyl/N-ethyl adjacent to an activating group) is 1. The number of amides is 3. The van der Waals surface area contributed by atoms with Crippen LogP contribution in [-0.4, -0.2) is 19.0 Å². The Labute approximate surface area is 160 Å². The van der Waals surface area contributed by atoms with Crippen LogP contribution in [0.1, 0.15) is 50.3 Å². The Morgan fingerprint density at radius 3 is 2.22 bits per heavy atom. The standard InChI is InChI=1S/C22H27N3O2/c1-13(2)15-7-9-16(10-8-15)23-21(27)24-17-11-14(3)19-18(12-17)22(4,5)20(26)25(19)6/h7-13H,1-6H3,(H2,23,24,27). The third-order valence-electron chi connectivity index (χ3n) is 5.24. The van der Waals surface area contributed by atoms with Gasteiger partial charge in [0.15, 0.2) is 0 Å². The largest absolute Gasteiger partial charge is 0.323 e. The van der Waals surface area contributed by atoms with E-state index in [-0.39, 0.29) is 11.9 Å². The van der Waals surface area contributed by atoms with Crippen molar-refractivity contribution in [2.45, 2.75) is 46.0 Å². The summed E-state index contributed by atoms with van der Waals surface area (Å²) < 4.78 is 0. The van der Waals surface area contributed by atoms with Gasteiger partial charge < -0.3 is 15.5 Å². The van der Waals surface area contributed by atoms with E-state index in [1.54, 1.807) is 11.9 Å². The molecule has 1 aliphatic heterocycles. The molecule has 5 nitrogen and oxygen atoms in total. The predicted molar refractivity (Wildman–Crippen MR) is 111 cm³/mol. The second-order valence-corrected chi connectivity index (χ2v) is 8.03. The summed E-state index contributed by atoms with van der Waals surface area (Å²) in [6.07, 6.45) is 0. The van der Waals surface area contributed by atoms with Crippen LogP contribution in [0, 0.1) is 6.92 Å². The maximum Gasteiger partial charge on any atom is 0.323 e. The maximum absolute atomic E-state index is 12.5. The second-order valence-electron chi connectivity index (χ2n) is 8.03. The Morgan fingerprint density at radius 2 is 1.63 bits per heavy atom. The molecule has 27 heavy (non-hydrogen) atoms. The number of hydrogen-bond acceptors (Lipinski definition) is 2. The minimum Gasteiger partial charge on any atom is -0.314 e. The Kier molecular flexibility index (Phi) is 4.72. The zero-order valence-corrected chi connectivity index (χ0v) is 16.8. The van der Waals surface area contributed by atoms with Gasteiger partial charge in [-0.15, -0.1) is 0 Å². The van der Waals surface area contributed by atoms with Crippen LogP contribution in [0.25, 0.3) is 0 Å². The number of benzene rings is 2. The van der Waals surface area contributed by atoms with Crippen molar-refractivity contribution in [1.29, 1.82) is 0 Å². The highest BCUT2D eigenvalue weighted by Gasteiger charge is 2.43. The minimum atomic E-state index is -0.602. The highest BCUT2D eigenvalue weighted by molar-refractivity contribution is 6.09. The normalized spacial score (nSPS) is 15.1. The first-order valence-corrected chi connectivity index (χ1v) is 9.22. The first-order chi connectivity index (χ1) is 12.6. The third kappa shape index (κ3) is 3.42. The fourth-order valence-corrected chi connectivity index (χ4v) is 3.65. The van der Waals surface area contributed by atoms with Crippen LogP contribution in [0.5, 0.6) is 0 Å². The lowest BCUT2D eigenvalue weighted by atomic mass is 9.85. The van der Waals surface area contributed by atoms with Gasteiger partial charge in [-0.2, -0.15) is 0 Å². The van der Waals surface area contributed by atoms with Gasteiger partial charge in [-0.3, -0.25) is 4.79 Å². The van der Waals surface area contributed by atoms with Crippen LogP contribution in [0.4, 0.5) is 21.9 Å². The van der Waals surface area contributed by atoms with Gasteiger partial charge in [0.25, 0.3) is 0 Å². The van der Waals surface area contributed by atoms with Gasteiger partial charge >= 0.3 is 6.03 Å². The molecular weight excluding hydrogens is 338 g/mol. The van der Waals surface area contributed by atoms with Gasteiger partial charge in [-0.1, -0.05) is 26.0 Å². The van der Waals surface area contributed by atoms with E-state index in [1.165, 1.54) is 5.56 Å². The van der Waals surface area contributed by atoms with Crippen molar-refractivity contribution in [2.75, 3.05) is 22.6 Å². The molecule has 2 N–H and O–H groups in total. The fourth-order valence-electron chi connectivity index (χ4n) is 3.65. The molecule has 0 radical (unpaired) electrons. The summed E-state index contributed by atoms with van der Waals surface area (Å²) in [7, 11) is 1.80. The summed E-state index contributed by atoms with van der Waals surface area (Å²) in [6, 6.07) is 11.3. The molecule has 0 bridgehead atoms. The van der Waals surface area contributed by atoms with Crippen LogP contribution < -0.4 is 15.5 Å². The quantitative estimate of drug-likeness (QED) is 0.802. The van der Waals surface area contributed by atoms with Crippen molar-refractivity contribution in [3.8, 4) is 0 Å². The Bertz CT molecular complexity index is 899. The number of nitrogens with zero attached hydrogens (tertiary/aromatic N) is 1. The molecule has 1 heterocycles. The van der Waals surface area contributed by atoms with E-state index in [0.717, 1.165) is 22.5 Å². The lowest BCUT2D eigenvalue weighted by molar-refractivity contribution is -0.121. The molecule has 0 fully saturated rings. The Hall–Kier alpha value is -2.82. The van der Waals surface area contributed by atoms with Crippen molar-refractivity contribution in [3.63, 3.8) is 0 Å². The summed E-state index contributed by atoms with van der Waals surface area (Å²) in [4.78, 5) is 26.6. The lowest BCUT2D eigenvalue weighted by Crippen LogP contribution is -2.33. The number of carbonyl (C=O) groups is 2. The molecule has 3 amide bonds. The second kappa shape index (κ2) is 6.72. The van der Waals surface area contributed by atoms with Crippen LogP contribution in [0.15, 0.2) is 36.4 Å². The van der Waals surface area contributed by atoms with Crippen molar-refractivity contribution in [1.82, 2.24) is 0 Å². The van der Waals surface area contributed by atoms with Crippen LogP contribution in [0.3, 0.4) is 0 Å². The van der Waals surface area contributed by atoms with Crippen molar-refractivity contribution < 1.29 is 9.59 Å². The molecule has 5 heteroatoms. The van der Waals surface area contributed by atoms with E-state index < -0.39 is 5.41 Å². The number of hydrogen-bond donors (Lipinski definition) is 2. The summed E-state index contributed by atoms with van der Waals surface area (Å²) in [6.45, 7) is 10.1. The van der Waals surface area contributed by atoms with Crippen molar-refractivity contribution >= 4 is 29.0 Å². The van der Waals surface area contributed by atoms with Crippen LogP contribution >= 0.6 is 0 Å². The zero-order valence-electron chi connectivity index (χ0n) is 16.8. The molecule has 0 atom stereocenters. The first-order valence-electron chi connectivity index (χ1n) is 9.22. The monoisotopic (exact) mass is 365 g/mol. The van der Waals surface area contributed by atoms with E-state index in [4.69, 9.17) is 0 Å². The van der Waals surface area contributed by atoms with Gasteiger partial charge in [0.1, 0.15) is 0 Å². The maximum atomic E-state index is 12.5. The smallest absolute Gasteiger partial charge is 0.314 e. The van der Waals surface area contributed by atoms with Crippen molar-refractivity contribution in [2.24, 2.45) is 0 Å². The lowest BCUT2D eigenvalue weighted by Gasteiger charge is -2.17. The molecule has 2 aromatic carbocycles. The summed E-state index contributed by atoms with van der Waals surface area (Å²) in [5, 5.41) is 5.74. The predicted octanol–water partition coefficient (Wildman–Crippen LogP) is 5.02. The number of urea groups is 1. The summed E-state index contributed by atoms with van der Waals surface area (Å²) in [5.74, 6) is 0.513. The fraction of sp³-hybridized carbons (Fsp3) is 0.364. The highest BCUT2D eigenvalue weighted by Crippen LogP contribution is 2.44. The van der Waals surface area contributed by atoms with E-state index >= 15 is 0 Å².